The first-order chi connectivity index (χ1) is 26.1. The minimum Gasteiger partial charge on any atom is -0.497 e. The number of aromatic nitrogens is 2. The van der Waals surface area contributed by atoms with E-state index in [0.717, 1.165) is 36.8 Å². The number of amides is 4. The summed E-state index contributed by atoms with van der Waals surface area (Å²) in [5.41, 5.74) is 0.189. The molecule has 0 unspecified atom stereocenters. The van der Waals surface area contributed by atoms with Crippen LogP contribution >= 0.6 is 0 Å². The van der Waals surface area contributed by atoms with Gasteiger partial charge < -0.3 is 29.3 Å². The summed E-state index contributed by atoms with van der Waals surface area (Å²) in [6.45, 7) is 0.820. The van der Waals surface area contributed by atoms with E-state index in [1.54, 1.807) is 18.1 Å². The van der Waals surface area contributed by atoms with Crippen LogP contribution in [0.4, 0.5) is 4.79 Å². The number of hydrogen-bond donors (Lipinski definition) is 2. The molecule has 2 saturated carbocycles. The number of nitrogens with zero attached hydrogens (tertiary/aromatic N) is 4. The van der Waals surface area contributed by atoms with Crippen LogP contribution in [0.15, 0.2) is 72.8 Å². The van der Waals surface area contributed by atoms with Gasteiger partial charge in [-0.2, -0.15) is 9.97 Å². The van der Waals surface area contributed by atoms with Gasteiger partial charge in [0, 0.05) is 31.0 Å². The van der Waals surface area contributed by atoms with E-state index in [9.17, 15) is 22.8 Å². The fourth-order valence-corrected chi connectivity index (χ4v) is 8.51. The van der Waals surface area contributed by atoms with E-state index in [4.69, 9.17) is 14.2 Å². The van der Waals surface area contributed by atoms with Gasteiger partial charge in [-0.05, 0) is 56.2 Å². The second-order valence-electron chi connectivity index (χ2n) is 14.4. The standard InChI is InChI=1S/C39H46N6O8S/c1-51-29-16-14-26(15-17-29)24-44-20-10-5-3-4-9-13-28-23-39(28,37(47)43-54(49,50)31-18-19-31)42-36(46)32-21-30(25-45(32)38(44)48)53-34-22-33(52-2)40-35(41-34)27-11-7-6-8-12-27/h6-9,11-17,22,28,30-32H,3-5,10,18-21,23-25H2,1-2H3,(H,42,46)(H,43,47)/b13-9-/t28-,30-,32+,39-/m1/s1. The van der Waals surface area contributed by atoms with Crippen molar-refractivity contribution in [2.24, 2.45) is 5.92 Å². The zero-order valence-corrected chi connectivity index (χ0v) is 31.3. The molecule has 4 aliphatic rings. The lowest BCUT2D eigenvalue weighted by Gasteiger charge is -2.32. The lowest BCUT2D eigenvalue weighted by atomic mass is 10.1. The summed E-state index contributed by atoms with van der Waals surface area (Å²) in [4.78, 5) is 55.1. The van der Waals surface area contributed by atoms with Crippen LogP contribution in [0.3, 0.4) is 0 Å². The molecule has 0 radical (unpaired) electrons. The summed E-state index contributed by atoms with van der Waals surface area (Å²) in [6.07, 6.45) is 7.78. The molecule has 2 aliphatic carbocycles. The van der Waals surface area contributed by atoms with Gasteiger partial charge in [-0.25, -0.2) is 13.2 Å². The molecule has 3 aromatic rings. The van der Waals surface area contributed by atoms with Crippen LogP contribution in [0.2, 0.25) is 0 Å². The SMILES string of the molecule is COc1ccc(CN2CCCCC/C=C\[C@@H]3C[C@@]3(C(=O)NS(=O)(=O)C3CC3)NC(=O)[C@@H]3C[C@@H](Oc4cc(OC)nc(-c5ccccc5)n4)CN3C2=O)cc1. The molecule has 2 N–H and O–H groups in total. The largest absolute Gasteiger partial charge is 0.497 e. The maximum atomic E-state index is 14.6. The van der Waals surface area contributed by atoms with Gasteiger partial charge in [0.1, 0.15) is 23.4 Å². The van der Waals surface area contributed by atoms with Crippen LogP contribution < -0.4 is 24.2 Å². The molecule has 0 spiro atoms. The highest BCUT2D eigenvalue weighted by atomic mass is 32.2. The number of rotatable bonds is 10. The molecular formula is C39H46N6O8S. The van der Waals surface area contributed by atoms with E-state index >= 15 is 0 Å². The van der Waals surface area contributed by atoms with Crippen LogP contribution in [0, 0.1) is 5.92 Å². The van der Waals surface area contributed by atoms with Gasteiger partial charge >= 0.3 is 6.03 Å². The number of allylic oxidation sites excluding steroid dienone is 1. The Bertz CT molecular complexity index is 1990. The lowest BCUT2D eigenvalue weighted by molar-refractivity contribution is -0.131. The van der Waals surface area contributed by atoms with E-state index in [-0.39, 0.29) is 37.2 Å². The second-order valence-corrected chi connectivity index (χ2v) is 16.3. The summed E-state index contributed by atoms with van der Waals surface area (Å²) in [7, 11) is -0.776. The molecule has 1 aromatic heterocycles. The lowest BCUT2D eigenvalue weighted by Crippen LogP contribution is -2.57. The molecule has 2 aliphatic heterocycles. The molecule has 3 fully saturated rings. The summed E-state index contributed by atoms with van der Waals surface area (Å²) in [6, 6.07) is 17.0. The van der Waals surface area contributed by atoms with Gasteiger partial charge in [0.2, 0.25) is 27.7 Å². The van der Waals surface area contributed by atoms with Gasteiger partial charge in [0.15, 0.2) is 5.82 Å². The Kier molecular flexibility index (Phi) is 10.8. The van der Waals surface area contributed by atoms with Crippen LogP contribution in [-0.4, -0.2) is 96.3 Å². The Morgan fingerprint density at radius 2 is 1.74 bits per heavy atom. The predicted octanol–water partition coefficient (Wildman–Crippen LogP) is 4.22. The molecular weight excluding hydrogens is 713 g/mol. The smallest absolute Gasteiger partial charge is 0.321 e. The number of fused-ring (bicyclic) bond motifs is 2. The Morgan fingerprint density at radius 1 is 0.981 bits per heavy atom. The molecule has 3 heterocycles. The summed E-state index contributed by atoms with van der Waals surface area (Å²) < 4.78 is 45.1. The average Bonchev–Trinajstić information content (AvgIpc) is 4.11. The van der Waals surface area contributed by atoms with Crippen LogP contribution in [0.25, 0.3) is 11.4 Å². The molecule has 2 aromatic carbocycles. The van der Waals surface area contributed by atoms with E-state index in [2.05, 4.69) is 20.0 Å². The van der Waals surface area contributed by atoms with Gasteiger partial charge in [0.25, 0.3) is 5.91 Å². The number of methoxy groups -OCH3 is 2. The molecule has 4 atom stereocenters. The Labute approximate surface area is 315 Å². The van der Waals surface area contributed by atoms with Gasteiger partial charge in [-0.15, -0.1) is 0 Å². The van der Waals surface area contributed by atoms with Crippen LogP contribution in [0.5, 0.6) is 17.5 Å². The molecule has 4 amide bonds. The quantitative estimate of drug-likeness (QED) is 0.286. The highest BCUT2D eigenvalue weighted by Gasteiger charge is 2.62. The summed E-state index contributed by atoms with van der Waals surface area (Å²) >= 11 is 0. The Balaban J connectivity index is 1.19. The first-order valence-electron chi connectivity index (χ1n) is 18.5. The van der Waals surface area contributed by atoms with Crippen molar-refractivity contribution in [1.29, 1.82) is 0 Å². The first kappa shape index (κ1) is 37.1. The first-order valence-corrected chi connectivity index (χ1v) is 20.0. The van der Waals surface area contributed by atoms with Crippen molar-refractivity contribution in [3.63, 3.8) is 0 Å². The van der Waals surface area contributed by atoms with E-state index in [1.807, 2.05) is 66.7 Å². The van der Waals surface area contributed by atoms with Crippen molar-refractivity contribution in [3.05, 3.63) is 78.4 Å². The number of carbonyl (C=O) groups excluding carboxylic acids is 3. The minimum atomic E-state index is -3.87. The highest BCUT2D eigenvalue weighted by Crippen LogP contribution is 2.46. The van der Waals surface area contributed by atoms with Crippen molar-refractivity contribution in [1.82, 2.24) is 29.8 Å². The summed E-state index contributed by atoms with van der Waals surface area (Å²) in [5, 5.41) is 2.32. The maximum absolute atomic E-state index is 14.6. The third kappa shape index (κ3) is 8.30. The maximum Gasteiger partial charge on any atom is 0.321 e. The molecule has 1 saturated heterocycles. The number of nitrogens with one attached hydrogen (secondary N) is 2. The number of carbonyl (C=O) groups is 3. The molecule has 286 valence electrons. The van der Waals surface area contributed by atoms with E-state index in [1.165, 1.54) is 12.0 Å². The minimum absolute atomic E-state index is 0.0572. The molecule has 15 heteroatoms. The highest BCUT2D eigenvalue weighted by molar-refractivity contribution is 7.91. The molecule has 0 bridgehead atoms. The van der Waals surface area contributed by atoms with Gasteiger partial charge in [-0.1, -0.05) is 61.0 Å². The number of urea groups is 1. The Morgan fingerprint density at radius 3 is 2.46 bits per heavy atom. The van der Waals surface area contributed by atoms with Crippen molar-refractivity contribution in [2.45, 2.75) is 80.8 Å². The van der Waals surface area contributed by atoms with E-state index < -0.39 is 50.7 Å². The number of sulfonamides is 1. The zero-order valence-electron chi connectivity index (χ0n) is 30.5. The number of benzene rings is 2. The van der Waals surface area contributed by atoms with Crippen molar-refractivity contribution < 1.29 is 37.0 Å². The molecule has 7 rings (SSSR count). The van der Waals surface area contributed by atoms with Crippen molar-refractivity contribution in [3.8, 4) is 28.9 Å². The van der Waals surface area contributed by atoms with Gasteiger partial charge in [-0.3, -0.25) is 14.3 Å². The fourth-order valence-electron chi connectivity index (χ4n) is 7.14. The van der Waals surface area contributed by atoms with Crippen LogP contribution in [0.1, 0.15) is 56.9 Å². The summed E-state index contributed by atoms with van der Waals surface area (Å²) in [5.74, 6) is -0.126. The van der Waals surface area contributed by atoms with Crippen molar-refractivity contribution in [2.75, 3.05) is 27.3 Å². The predicted molar refractivity (Wildman–Crippen MR) is 199 cm³/mol. The Hall–Kier alpha value is -5.18. The normalized spacial score (nSPS) is 25.3. The van der Waals surface area contributed by atoms with Crippen molar-refractivity contribution >= 4 is 27.9 Å². The third-order valence-corrected chi connectivity index (χ3v) is 12.3. The fraction of sp³-hybridized carbons (Fsp3) is 0.462. The zero-order chi connectivity index (χ0) is 37.9. The van der Waals surface area contributed by atoms with Gasteiger partial charge in [0.05, 0.1) is 32.1 Å². The number of hydrogen-bond acceptors (Lipinski definition) is 10. The molecule has 54 heavy (non-hydrogen) atoms. The van der Waals surface area contributed by atoms with Crippen LogP contribution in [-0.2, 0) is 26.2 Å². The monoisotopic (exact) mass is 758 g/mol. The average molecular weight is 759 g/mol. The van der Waals surface area contributed by atoms with E-state index in [0.29, 0.717) is 37.5 Å². The second kappa shape index (κ2) is 15.7. The number of ether oxygens (including phenoxy) is 3. The topological polar surface area (TPSA) is 169 Å². The third-order valence-electron chi connectivity index (χ3n) is 10.5. The molecule has 14 nitrogen and oxygen atoms in total.